The van der Waals surface area contributed by atoms with Crippen LogP contribution in [0.3, 0.4) is 0 Å². The molecule has 0 saturated heterocycles. The fraction of sp³-hybridized carbons (Fsp3) is 0.273. The SMILES string of the molecule is C=CCC(C#N)c1cccc(C)n1. The number of nitrogens with zero attached hydrogens (tertiary/aromatic N) is 2. The largest absolute Gasteiger partial charge is 0.257 e. The number of allylic oxidation sites excluding steroid dienone is 1. The number of hydrogen-bond acceptors (Lipinski definition) is 2. The van der Waals surface area contributed by atoms with Gasteiger partial charge in [-0.2, -0.15) is 5.26 Å². The predicted octanol–water partition coefficient (Wildman–Crippen LogP) is 2.57. The van der Waals surface area contributed by atoms with Crippen LogP contribution in [-0.4, -0.2) is 4.98 Å². The van der Waals surface area contributed by atoms with Crippen molar-refractivity contribution in [3.63, 3.8) is 0 Å². The van der Waals surface area contributed by atoms with Crippen molar-refractivity contribution in [1.82, 2.24) is 4.98 Å². The summed E-state index contributed by atoms with van der Waals surface area (Å²) in [5, 5.41) is 8.86. The molecule has 0 spiro atoms. The summed E-state index contributed by atoms with van der Waals surface area (Å²) in [6.45, 7) is 5.54. The zero-order valence-corrected chi connectivity index (χ0v) is 7.70. The quantitative estimate of drug-likeness (QED) is 0.657. The van der Waals surface area contributed by atoms with Crippen LogP contribution >= 0.6 is 0 Å². The van der Waals surface area contributed by atoms with Gasteiger partial charge in [0, 0.05) is 5.69 Å². The summed E-state index contributed by atoms with van der Waals surface area (Å²) in [6, 6.07) is 7.94. The van der Waals surface area contributed by atoms with Crippen LogP contribution in [0.15, 0.2) is 30.9 Å². The molecular formula is C11H12N2. The molecule has 1 unspecified atom stereocenters. The molecule has 1 heterocycles. The minimum Gasteiger partial charge on any atom is -0.257 e. The number of aromatic nitrogens is 1. The van der Waals surface area contributed by atoms with Gasteiger partial charge in [-0.25, -0.2) is 0 Å². The van der Waals surface area contributed by atoms with Crippen LogP contribution in [-0.2, 0) is 0 Å². The van der Waals surface area contributed by atoms with Crippen LogP contribution in [0.25, 0.3) is 0 Å². The molecule has 2 heteroatoms. The molecule has 0 saturated carbocycles. The molecule has 0 N–H and O–H groups in total. The molecule has 2 nitrogen and oxygen atoms in total. The van der Waals surface area contributed by atoms with Gasteiger partial charge in [0.2, 0.25) is 0 Å². The normalized spacial score (nSPS) is 11.7. The number of nitriles is 1. The molecule has 1 aromatic heterocycles. The van der Waals surface area contributed by atoms with E-state index in [2.05, 4.69) is 17.6 Å². The standard InChI is InChI=1S/C11H12N2/c1-3-5-10(8-12)11-7-4-6-9(2)13-11/h3-4,6-7,10H,1,5H2,2H3. The number of hydrogen-bond donors (Lipinski definition) is 0. The molecule has 0 aliphatic rings. The highest BCUT2D eigenvalue weighted by Crippen LogP contribution is 2.16. The van der Waals surface area contributed by atoms with Crippen molar-refractivity contribution in [1.29, 1.82) is 5.26 Å². The second-order valence-electron chi connectivity index (χ2n) is 2.91. The van der Waals surface area contributed by atoms with Gasteiger partial charge in [-0.1, -0.05) is 12.1 Å². The van der Waals surface area contributed by atoms with Gasteiger partial charge < -0.3 is 0 Å². The van der Waals surface area contributed by atoms with Crippen molar-refractivity contribution in [3.8, 4) is 6.07 Å². The minimum atomic E-state index is -0.155. The van der Waals surface area contributed by atoms with Crippen LogP contribution < -0.4 is 0 Å². The van der Waals surface area contributed by atoms with E-state index in [-0.39, 0.29) is 5.92 Å². The Balaban J connectivity index is 2.92. The Bertz CT molecular complexity index is 336. The van der Waals surface area contributed by atoms with Gasteiger partial charge in [-0.05, 0) is 25.5 Å². The van der Waals surface area contributed by atoms with Crippen molar-refractivity contribution < 1.29 is 0 Å². The topological polar surface area (TPSA) is 36.7 Å². The lowest BCUT2D eigenvalue weighted by Crippen LogP contribution is -1.98. The van der Waals surface area contributed by atoms with Crippen molar-refractivity contribution in [3.05, 3.63) is 42.2 Å². The van der Waals surface area contributed by atoms with E-state index < -0.39 is 0 Å². The zero-order valence-electron chi connectivity index (χ0n) is 7.70. The summed E-state index contributed by atoms with van der Waals surface area (Å²) in [4.78, 5) is 4.29. The van der Waals surface area contributed by atoms with E-state index in [1.807, 2.05) is 25.1 Å². The molecule has 1 aromatic rings. The lowest BCUT2D eigenvalue weighted by Gasteiger charge is -2.05. The van der Waals surface area contributed by atoms with Crippen LogP contribution in [0.4, 0.5) is 0 Å². The zero-order chi connectivity index (χ0) is 9.68. The third kappa shape index (κ3) is 2.41. The first-order valence-electron chi connectivity index (χ1n) is 4.22. The number of rotatable bonds is 3. The van der Waals surface area contributed by atoms with Crippen molar-refractivity contribution in [2.24, 2.45) is 0 Å². The summed E-state index contributed by atoms with van der Waals surface area (Å²) < 4.78 is 0. The minimum absolute atomic E-state index is 0.155. The summed E-state index contributed by atoms with van der Waals surface area (Å²) >= 11 is 0. The highest BCUT2D eigenvalue weighted by molar-refractivity contribution is 5.20. The molecule has 0 aliphatic carbocycles. The Kier molecular flexibility index (Phi) is 3.22. The van der Waals surface area contributed by atoms with E-state index in [1.165, 1.54) is 0 Å². The highest BCUT2D eigenvalue weighted by Gasteiger charge is 2.09. The fourth-order valence-electron chi connectivity index (χ4n) is 1.16. The van der Waals surface area contributed by atoms with Gasteiger partial charge in [0.15, 0.2) is 0 Å². The average Bonchev–Trinajstić information content (AvgIpc) is 2.14. The summed E-state index contributed by atoms with van der Waals surface area (Å²) in [5.41, 5.74) is 1.78. The first-order valence-corrected chi connectivity index (χ1v) is 4.22. The molecular weight excluding hydrogens is 160 g/mol. The Morgan fingerprint density at radius 2 is 2.46 bits per heavy atom. The molecule has 0 bridgehead atoms. The molecule has 13 heavy (non-hydrogen) atoms. The molecule has 0 radical (unpaired) electrons. The van der Waals surface area contributed by atoms with Crippen LogP contribution in [0.2, 0.25) is 0 Å². The van der Waals surface area contributed by atoms with E-state index in [9.17, 15) is 0 Å². The van der Waals surface area contributed by atoms with Gasteiger partial charge in [-0.3, -0.25) is 4.98 Å². The van der Waals surface area contributed by atoms with Gasteiger partial charge in [0.05, 0.1) is 17.7 Å². The van der Waals surface area contributed by atoms with Crippen LogP contribution in [0.1, 0.15) is 23.7 Å². The maximum atomic E-state index is 8.86. The van der Waals surface area contributed by atoms with E-state index in [4.69, 9.17) is 5.26 Å². The Morgan fingerprint density at radius 3 is 3.00 bits per heavy atom. The van der Waals surface area contributed by atoms with Gasteiger partial charge >= 0.3 is 0 Å². The molecule has 0 amide bonds. The smallest absolute Gasteiger partial charge is 0.0919 e. The predicted molar refractivity (Wildman–Crippen MR) is 52.1 cm³/mol. The highest BCUT2D eigenvalue weighted by atomic mass is 14.7. The molecule has 0 fully saturated rings. The van der Waals surface area contributed by atoms with Crippen molar-refractivity contribution in [2.45, 2.75) is 19.3 Å². The van der Waals surface area contributed by atoms with Gasteiger partial charge in [0.25, 0.3) is 0 Å². The number of aryl methyl sites for hydroxylation is 1. The average molecular weight is 172 g/mol. The van der Waals surface area contributed by atoms with Crippen LogP contribution in [0, 0.1) is 18.3 Å². The van der Waals surface area contributed by atoms with Gasteiger partial charge in [0.1, 0.15) is 0 Å². The summed E-state index contributed by atoms with van der Waals surface area (Å²) in [6.07, 6.45) is 2.41. The Labute approximate surface area is 78.5 Å². The molecule has 1 atom stereocenters. The Hall–Kier alpha value is -1.62. The maximum Gasteiger partial charge on any atom is 0.0919 e. The third-order valence-electron chi connectivity index (χ3n) is 1.83. The fourth-order valence-corrected chi connectivity index (χ4v) is 1.16. The first kappa shape index (κ1) is 9.47. The Morgan fingerprint density at radius 1 is 1.69 bits per heavy atom. The van der Waals surface area contributed by atoms with E-state index in [0.717, 1.165) is 11.4 Å². The maximum absolute atomic E-state index is 8.86. The molecule has 0 aliphatic heterocycles. The molecule has 0 aromatic carbocycles. The second kappa shape index (κ2) is 4.42. The number of pyridine rings is 1. The molecule has 66 valence electrons. The lowest BCUT2D eigenvalue weighted by molar-refractivity contribution is 0.831. The van der Waals surface area contributed by atoms with E-state index >= 15 is 0 Å². The second-order valence-corrected chi connectivity index (χ2v) is 2.91. The summed E-state index contributed by atoms with van der Waals surface area (Å²) in [7, 11) is 0. The van der Waals surface area contributed by atoms with Gasteiger partial charge in [-0.15, -0.1) is 6.58 Å². The first-order chi connectivity index (χ1) is 6.27. The van der Waals surface area contributed by atoms with Crippen LogP contribution in [0.5, 0.6) is 0 Å². The monoisotopic (exact) mass is 172 g/mol. The third-order valence-corrected chi connectivity index (χ3v) is 1.83. The van der Waals surface area contributed by atoms with Crippen molar-refractivity contribution >= 4 is 0 Å². The lowest BCUT2D eigenvalue weighted by atomic mass is 10.0. The van der Waals surface area contributed by atoms with E-state index in [1.54, 1.807) is 6.08 Å². The van der Waals surface area contributed by atoms with Crippen molar-refractivity contribution in [2.75, 3.05) is 0 Å². The van der Waals surface area contributed by atoms with E-state index in [0.29, 0.717) is 6.42 Å². The molecule has 1 rings (SSSR count). The summed E-state index contributed by atoms with van der Waals surface area (Å²) in [5.74, 6) is -0.155.